The highest BCUT2D eigenvalue weighted by molar-refractivity contribution is 7.88. The van der Waals surface area contributed by atoms with Crippen molar-refractivity contribution in [2.24, 2.45) is 0 Å². The highest BCUT2D eigenvalue weighted by Gasteiger charge is 2.49. The molecular formula is C22H33F3N2O7S. The highest BCUT2D eigenvalue weighted by atomic mass is 32.2. The molecule has 0 aliphatic carbocycles. The van der Waals surface area contributed by atoms with Crippen LogP contribution < -0.4 is 9.08 Å². The Balaban J connectivity index is 3.65. The average molecular weight is 527 g/mol. The van der Waals surface area contributed by atoms with Gasteiger partial charge in [-0.15, -0.1) is 0 Å². The number of aryl methyl sites for hydroxylation is 1. The lowest BCUT2D eigenvalue weighted by atomic mass is 10.0. The van der Waals surface area contributed by atoms with E-state index in [4.69, 9.17) is 9.47 Å². The second-order valence-electron chi connectivity index (χ2n) is 7.63. The van der Waals surface area contributed by atoms with Crippen molar-refractivity contribution in [3.8, 4) is 5.88 Å². The fourth-order valence-electron chi connectivity index (χ4n) is 3.50. The maximum Gasteiger partial charge on any atom is 0.534 e. The molecule has 0 saturated carbocycles. The number of carbonyl (C=O) groups is 2. The zero-order valence-electron chi connectivity index (χ0n) is 20.6. The molecule has 1 aromatic heterocycles. The summed E-state index contributed by atoms with van der Waals surface area (Å²) < 4.78 is 76.1. The number of pyridine rings is 1. The lowest BCUT2D eigenvalue weighted by molar-refractivity contribution is -0.142. The highest BCUT2D eigenvalue weighted by Crippen LogP contribution is 2.33. The Hall–Kier alpha value is -2.57. The normalized spacial score (nSPS) is 11.9. The predicted octanol–water partition coefficient (Wildman–Crippen LogP) is 4.52. The number of aromatic nitrogens is 1. The fourth-order valence-corrected chi connectivity index (χ4v) is 3.93. The fraction of sp³-hybridized carbons (Fsp3) is 0.682. The van der Waals surface area contributed by atoms with E-state index in [9.17, 15) is 31.2 Å². The number of halogens is 3. The van der Waals surface area contributed by atoms with Crippen LogP contribution in [-0.2, 0) is 24.4 Å². The Morgan fingerprint density at radius 3 is 2.11 bits per heavy atom. The molecule has 200 valence electrons. The summed E-state index contributed by atoms with van der Waals surface area (Å²) >= 11 is 0. The predicted molar refractivity (Wildman–Crippen MR) is 123 cm³/mol. The minimum atomic E-state index is -6.08. The molecule has 0 fully saturated rings. The zero-order valence-corrected chi connectivity index (χ0v) is 21.4. The van der Waals surface area contributed by atoms with Crippen molar-refractivity contribution in [2.45, 2.75) is 78.3 Å². The Morgan fingerprint density at radius 2 is 1.63 bits per heavy atom. The summed E-state index contributed by atoms with van der Waals surface area (Å²) in [4.78, 5) is 30.3. The molecule has 0 spiro atoms. The van der Waals surface area contributed by atoms with Gasteiger partial charge in [-0.1, -0.05) is 26.7 Å². The third-order valence-electron chi connectivity index (χ3n) is 4.98. The molecule has 13 heteroatoms. The molecule has 0 atom stereocenters. The lowest BCUT2D eigenvalue weighted by Gasteiger charge is -2.34. The van der Waals surface area contributed by atoms with Crippen LogP contribution in [0.3, 0.4) is 0 Å². The van der Waals surface area contributed by atoms with E-state index in [1.165, 1.54) is 19.9 Å². The number of carbonyl (C=O) groups excluding carboxylic acids is 2. The number of alkyl halides is 3. The van der Waals surface area contributed by atoms with Gasteiger partial charge in [-0.2, -0.15) is 21.6 Å². The number of rotatable bonds is 14. The molecular weight excluding hydrogens is 493 g/mol. The smallest absolute Gasteiger partial charge is 0.466 e. The Labute approximate surface area is 204 Å². The molecule has 0 radical (unpaired) electrons. The Morgan fingerprint density at radius 1 is 1.06 bits per heavy atom. The summed E-state index contributed by atoms with van der Waals surface area (Å²) in [6.07, 6.45) is 3.09. The van der Waals surface area contributed by atoms with Crippen LogP contribution in [-0.4, -0.2) is 56.6 Å². The molecule has 0 aliphatic rings. The molecule has 0 amide bonds. The summed E-state index contributed by atoms with van der Waals surface area (Å²) in [5, 5.41) is 0. The first kappa shape index (κ1) is 30.5. The van der Waals surface area contributed by atoms with Gasteiger partial charge in [0.25, 0.3) is 0 Å². The second-order valence-corrected chi connectivity index (χ2v) is 9.17. The minimum absolute atomic E-state index is 0.0205. The van der Waals surface area contributed by atoms with Crippen LogP contribution in [0.1, 0.15) is 75.9 Å². The van der Waals surface area contributed by atoms with Gasteiger partial charge in [0.2, 0.25) is 5.88 Å². The molecule has 0 N–H and O–H groups in total. The molecule has 0 aliphatic heterocycles. The van der Waals surface area contributed by atoms with E-state index < -0.39 is 39.0 Å². The van der Waals surface area contributed by atoms with Gasteiger partial charge in [-0.3, -0.25) is 4.79 Å². The topological polar surface area (TPSA) is 112 Å². The molecule has 0 unspecified atom stereocenters. The third-order valence-corrected chi connectivity index (χ3v) is 5.92. The first-order valence-electron chi connectivity index (χ1n) is 11.4. The van der Waals surface area contributed by atoms with Crippen molar-refractivity contribution in [1.82, 2.24) is 4.98 Å². The monoisotopic (exact) mass is 526 g/mol. The number of hydrogen-bond acceptors (Lipinski definition) is 9. The molecule has 0 aromatic carbocycles. The minimum Gasteiger partial charge on any atom is -0.466 e. The quantitative estimate of drug-likeness (QED) is 0.196. The summed E-state index contributed by atoms with van der Waals surface area (Å²) in [7, 11) is -6.08. The van der Waals surface area contributed by atoms with Gasteiger partial charge in [0.1, 0.15) is 5.56 Å². The lowest BCUT2D eigenvalue weighted by Crippen LogP contribution is -2.38. The summed E-state index contributed by atoms with van der Waals surface area (Å²) in [5.41, 5.74) is -5.83. The first-order chi connectivity index (χ1) is 16.3. The van der Waals surface area contributed by atoms with Crippen molar-refractivity contribution in [3.05, 3.63) is 17.3 Å². The molecule has 1 heterocycles. The van der Waals surface area contributed by atoms with E-state index in [2.05, 4.69) is 9.17 Å². The molecule has 0 saturated heterocycles. The molecule has 0 bridgehead atoms. The van der Waals surface area contributed by atoms with Crippen LogP contribution in [0.25, 0.3) is 0 Å². The van der Waals surface area contributed by atoms with Gasteiger partial charge in [0.15, 0.2) is 0 Å². The zero-order chi connectivity index (χ0) is 26.8. The van der Waals surface area contributed by atoms with Gasteiger partial charge < -0.3 is 18.6 Å². The number of ether oxygens (including phenoxy) is 2. The van der Waals surface area contributed by atoms with Gasteiger partial charge in [-0.25, -0.2) is 9.78 Å². The van der Waals surface area contributed by atoms with E-state index >= 15 is 0 Å². The summed E-state index contributed by atoms with van der Waals surface area (Å²) in [6.45, 7) is 8.87. The van der Waals surface area contributed by atoms with Crippen LogP contribution in [0.15, 0.2) is 6.07 Å². The molecule has 1 rings (SSSR count). The Kier molecular flexibility index (Phi) is 11.7. The van der Waals surface area contributed by atoms with Crippen molar-refractivity contribution >= 4 is 27.7 Å². The SMILES string of the molecule is CCCC(CCC)N(CCC(=O)OCC)c1cc(C(=O)OCC)c(OS(=O)(=O)C(F)(F)F)nc1C. The van der Waals surface area contributed by atoms with Gasteiger partial charge >= 0.3 is 27.6 Å². The number of nitrogens with zero attached hydrogens (tertiary/aromatic N) is 2. The Bertz CT molecular complexity index is 963. The summed E-state index contributed by atoms with van der Waals surface area (Å²) in [5.74, 6) is -2.56. The number of anilines is 1. The largest absolute Gasteiger partial charge is 0.534 e. The number of esters is 2. The van der Waals surface area contributed by atoms with Gasteiger partial charge in [0.05, 0.1) is 31.0 Å². The van der Waals surface area contributed by atoms with Gasteiger partial charge in [0, 0.05) is 12.6 Å². The van der Waals surface area contributed by atoms with E-state index in [0.717, 1.165) is 25.7 Å². The van der Waals surface area contributed by atoms with E-state index in [0.29, 0.717) is 5.69 Å². The van der Waals surface area contributed by atoms with E-state index in [1.807, 2.05) is 18.7 Å². The van der Waals surface area contributed by atoms with Crippen LogP contribution >= 0.6 is 0 Å². The van der Waals surface area contributed by atoms with Crippen LogP contribution in [0.4, 0.5) is 18.9 Å². The average Bonchev–Trinajstić information content (AvgIpc) is 2.74. The second kappa shape index (κ2) is 13.5. The van der Waals surface area contributed by atoms with Crippen molar-refractivity contribution in [1.29, 1.82) is 0 Å². The molecule has 1 aromatic rings. The maximum absolute atomic E-state index is 12.9. The van der Waals surface area contributed by atoms with Crippen molar-refractivity contribution < 1.29 is 44.8 Å². The van der Waals surface area contributed by atoms with Crippen LogP contribution in [0.5, 0.6) is 5.88 Å². The standard InChI is InChI=1S/C22H33F3N2O7S/c1-6-10-16(11-7-2)27(13-12-19(28)32-8-3)18-14-17(21(29)33-9-4)20(26-15(18)5)34-35(30,31)22(23,24)25/h14,16H,6-13H2,1-5H3. The number of hydrogen-bond donors (Lipinski definition) is 0. The third kappa shape index (κ3) is 8.55. The van der Waals surface area contributed by atoms with E-state index in [-0.39, 0.29) is 37.9 Å². The molecule has 9 nitrogen and oxygen atoms in total. The van der Waals surface area contributed by atoms with Crippen molar-refractivity contribution in [3.63, 3.8) is 0 Å². The molecule has 35 heavy (non-hydrogen) atoms. The van der Waals surface area contributed by atoms with Crippen LogP contribution in [0, 0.1) is 6.92 Å². The first-order valence-corrected chi connectivity index (χ1v) is 12.8. The summed E-state index contributed by atoms with van der Waals surface area (Å²) in [6, 6.07) is 1.12. The van der Waals surface area contributed by atoms with Crippen LogP contribution in [0.2, 0.25) is 0 Å². The maximum atomic E-state index is 12.9. The van der Waals surface area contributed by atoms with Crippen molar-refractivity contribution in [2.75, 3.05) is 24.7 Å². The van der Waals surface area contributed by atoms with Gasteiger partial charge in [-0.05, 0) is 39.7 Å². The van der Waals surface area contributed by atoms with E-state index in [1.54, 1.807) is 6.92 Å².